The Hall–Kier alpha value is -1.20. The lowest BCUT2D eigenvalue weighted by atomic mass is 10.1. The van der Waals surface area contributed by atoms with Crippen molar-refractivity contribution in [2.24, 2.45) is 0 Å². The first-order chi connectivity index (χ1) is 7.95. The van der Waals surface area contributed by atoms with Gasteiger partial charge < -0.3 is 14.3 Å². The summed E-state index contributed by atoms with van der Waals surface area (Å²) in [5.41, 5.74) is 1.32. The fourth-order valence-corrected chi connectivity index (χ4v) is 2.56. The van der Waals surface area contributed by atoms with E-state index in [-0.39, 0.29) is 11.4 Å². The number of rotatable bonds is 3. The van der Waals surface area contributed by atoms with Crippen LogP contribution in [0.5, 0.6) is 0 Å². The van der Waals surface area contributed by atoms with Crippen LogP contribution in [0.1, 0.15) is 13.8 Å². The molecule has 0 aliphatic heterocycles. The van der Waals surface area contributed by atoms with Gasteiger partial charge in [0.15, 0.2) is 4.77 Å². The van der Waals surface area contributed by atoms with Crippen molar-refractivity contribution in [3.63, 3.8) is 0 Å². The van der Waals surface area contributed by atoms with Crippen LogP contribution in [0.15, 0.2) is 18.2 Å². The fraction of sp³-hybridized carbons (Fsp3) is 0.417. The predicted octanol–water partition coefficient (Wildman–Crippen LogP) is 3.22. The second-order valence-electron chi connectivity index (χ2n) is 4.67. The number of aromatic amines is 1. The van der Waals surface area contributed by atoms with Crippen molar-refractivity contribution in [2.45, 2.75) is 19.4 Å². The Balaban J connectivity index is 2.69. The van der Waals surface area contributed by atoms with Gasteiger partial charge in [-0.25, -0.2) is 4.39 Å². The van der Waals surface area contributed by atoms with E-state index in [1.165, 1.54) is 12.1 Å². The number of benzene rings is 1. The maximum atomic E-state index is 13.1. The molecule has 0 radical (unpaired) electrons. The third-order valence-corrected chi connectivity index (χ3v) is 3.03. The Bertz CT molecular complexity index is 600. The molecule has 0 bridgehead atoms. The van der Waals surface area contributed by atoms with Gasteiger partial charge in [-0.1, -0.05) is 0 Å². The molecule has 0 saturated heterocycles. The molecule has 0 spiro atoms. The molecular weight excluding hydrogens is 239 g/mol. The number of hydrogen-bond acceptors (Lipinski definition) is 2. The van der Waals surface area contributed by atoms with Gasteiger partial charge in [0.2, 0.25) is 0 Å². The summed E-state index contributed by atoms with van der Waals surface area (Å²) >= 11 is 5.29. The van der Waals surface area contributed by atoms with Gasteiger partial charge in [0.25, 0.3) is 0 Å². The number of hydrogen-bond donors (Lipinski definition) is 1. The number of ether oxygens (including phenoxy) is 1. The van der Waals surface area contributed by atoms with Crippen LogP contribution in [-0.2, 0) is 10.3 Å². The number of aromatic nitrogens is 2. The molecule has 5 heteroatoms. The molecule has 2 rings (SSSR count). The van der Waals surface area contributed by atoms with Crippen molar-refractivity contribution in [1.29, 1.82) is 0 Å². The standard InChI is InChI=1S/C12H15FN2OS/c1-12(2,7-16-3)15-10-5-4-8(13)6-9(10)14-11(15)17/h4-6H,7H2,1-3H3,(H,14,17). The van der Waals surface area contributed by atoms with E-state index < -0.39 is 0 Å². The van der Waals surface area contributed by atoms with Gasteiger partial charge in [-0.3, -0.25) is 0 Å². The molecule has 2 aromatic rings. The highest BCUT2D eigenvalue weighted by Gasteiger charge is 2.23. The number of H-pyrrole nitrogens is 1. The van der Waals surface area contributed by atoms with E-state index in [4.69, 9.17) is 17.0 Å². The maximum Gasteiger partial charge on any atom is 0.178 e. The minimum atomic E-state index is -0.276. The van der Waals surface area contributed by atoms with Crippen LogP contribution in [-0.4, -0.2) is 23.3 Å². The molecule has 0 fully saturated rings. The molecule has 1 heterocycles. The average Bonchev–Trinajstić information content (AvgIpc) is 2.53. The Labute approximate surface area is 104 Å². The van der Waals surface area contributed by atoms with Crippen molar-refractivity contribution in [2.75, 3.05) is 13.7 Å². The fourth-order valence-electron chi connectivity index (χ4n) is 2.10. The topological polar surface area (TPSA) is 29.9 Å². The second kappa shape index (κ2) is 4.23. The summed E-state index contributed by atoms with van der Waals surface area (Å²) < 4.78 is 20.9. The Morgan fingerprint density at radius 1 is 1.47 bits per heavy atom. The molecular formula is C12H15FN2OS. The summed E-state index contributed by atoms with van der Waals surface area (Å²) in [6.07, 6.45) is 0. The Morgan fingerprint density at radius 3 is 2.82 bits per heavy atom. The quantitative estimate of drug-likeness (QED) is 0.852. The van der Waals surface area contributed by atoms with E-state index in [0.29, 0.717) is 16.9 Å². The van der Waals surface area contributed by atoms with Crippen molar-refractivity contribution in [1.82, 2.24) is 9.55 Å². The molecule has 17 heavy (non-hydrogen) atoms. The zero-order valence-electron chi connectivity index (χ0n) is 10.1. The first-order valence-corrected chi connectivity index (χ1v) is 5.76. The van der Waals surface area contributed by atoms with E-state index in [1.807, 2.05) is 18.4 Å². The molecule has 3 nitrogen and oxygen atoms in total. The maximum absolute atomic E-state index is 13.1. The van der Waals surface area contributed by atoms with Crippen LogP contribution in [0.4, 0.5) is 4.39 Å². The van der Waals surface area contributed by atoms with E-state index >= 15 is 0 Å². The summed E-state index contributed by atoms with van der Waals surface area (Å²) in [7, 11) is 1.65. The van der Waals surface area contributed by atoms with Crippen LogP contribution >= 0.6 is 12.2 Å². The molecule has 0 aliphatic carbocycles. The Kier molecular flexibility index (Phi) is 3.05. The largest absolute Gasteiger partial charge is 0.382 e. The number of fused-ring (bicyclic) bond motifs is 1. The highest BCUT2D eigenvalue weighted by Crippen LogP contribution is 2.24. The molecule has 1 N–H and O–H groups in total. The molecule has 1 aromatic carbocycles. The van der Waals surface area contributed by atoms with E-state index in [2.05, 4.69) is 4.98 Å². The summed E-state index contributed by atoms with van der Waals surface area (Å²) in [4.78, 5) is 3.01. The molecule has 0 atom stereocenters. The van der Waals surface area contributed by atoms with E-state index in [0.717, 1.165) is 5.52 Å². The minimum absolute atomic E-state index is 0.273. The first-order valence-electron chi connectivity index (χ1n) is 5.35. The third kappa shape index (κ3) is 2.12. The summed E-state index contributed by atoms with van der Waals surface area (Å²) in [6, 6.07) is 4.61. The number of imidazole rings is 1. The number of nitrogens with one attached hydrogen (secondary N) is 1. The zero-order valence-corrected chi connectivity index (χ0v) is 10.9. The smallest absolute Gasteiger partial charge is 0.178 e. The number of methoxy groups -OCH3 is 1. The summed E-state index contributed by atoms with van der Waals surface area (Å²) in [5.74, 6) is -0.273. The van der Waals surface area contributed by atoms with Gasteiger partial charge in [0.1, 0.15) is 5.82 Å². The highest BCUT2D eigenvalue weighted by molar-refractivity contribution is 7.71. The zero-order chi connectivity index (χ0) is 12.6. The van der Waals surface area contributed by atoms with Crippen LogP contribution in [0, 0.1) is 10.6 Å². The van der Waals surface area contributed by atoms with Gasteiger partial charge in [-0.05, 0) is 44.3 Å². The van der Waals surface area contributed by atoms with Crippen molar-refractivity contribution in [3.05, 3.63) is 28.8 Å². The lowest BCUT2D eigenvalue weighted by Gasteiger charge is -2.26. The lowest BCUT2D eigenvalue weighted by Crippen LogP contribution is -2.31. The van der Waals surface area contributed by atoms with E-state index in [9.17, 15) is 4.39 Å². The van der Waals surface area contributed by atoms with Gasteiger partial charge in [0, 0.05) is 7.11 Å². The van der Waals surface area contributed by atoms with Crippen LogP contribution in [0.2, 0.25) is 0 Å². The molecule has 0 amide bonds. The predicted molar refractivity (Wildman–Crippen MR) is 68.3 cm³/mol. The van der Waals surface area contributed by atoms with Gasteiger partial charge in [-0.2, -0.15) is 0 Å². The van der Waals surface area contributed by atoms with Gasteiger partial charge in [-0.15, -0.1) is 0 Å². The van der Waals surface area contributed by atoms with Crippen LogP contribution < -0.4 is 0 Å². The number of nitrogens with zero attached hydrogens (tertiary/aromatic N) is 1. The average molecular weight is 254 g/mol. The normalized spacial score (nSPS) is 12.2. The first kappa shape index (κ1) is 12.3. The molecule has 0 aliphatic rings. The van der Waals surface area contributed by atoms with Crippen LogP contribution in [0.25, 0.3) is 11.0 Å². The van der Waals surface area contributed by atoms with Crippen molar-refractivity contribution < 1.29 is 9.13 Å². The second-order valence-corrected chi connectivity index (χ2v) is 5.06. The molecule has 0 unspecified atom stereocenters. The van der Waals surface area contributed by atoms with Crippen LogP contribution in [0.3, 0.4) is 0 Å². The highest BCUT2D eigenvalue weighted by atomic mass is 32.1. The monoisotopic (exact) mass is 254 g/mol. The molecule has 92 valence electrons. The summed E-state index contributed by atoms with van der Waals surface area (Å²) in [5, 5.41) is 0. The Morgan fingerprint density at radius 2 is 2.18 bits per heavy atom. The number of halogens is 1. The van der Waals surface area contributed by atoms with Crippen molar-refractivity contribution >= 4 is 23.3 Å². The third-order valence-electron chi connectivity index (χ3n) is 2.75. The van der Waals surface area contributed by atoms with Gasteiger partial charge >= 0.3 is 0 Å². The lowest BCUT2D eigenvalue weighted by molar-refractivity contribution is 0.111. The van der Waals surface area contributed by atoms with Crippen molar-refractivity contribution in [3.8, 4) is 0 Å². The van der Waals surface area contributed by atoms with E-state index in [1.54, 1.807) is 13.2 Å². The molecule has 0 saturated carbocycles. The van der Waals surface area contributed by atoms with Gasteiger partial charge in [0.05, 0.1) is 23.2 Å². The molecule has 1 aromatic heterocycles. The SMILES string of the molecule is COCC(C)(C)n1c(=S)[nH]c2cc(F)ccc21. The minimum Gasteiger partial charge on any atom is -0.382 e. The summed E-state index contributed by atoms with van der Waals surface area (Å²) in [6.45, 7) is 4.59.